The first-order chi connectivity index (χ1) is 9.16. The molecule has 0 aromatic heterocycles. The zero-order chi connectivity index (χ0) is 13.7. The van der Waals surface area contributed by atoms with Crippen LogP contribution < -0.4 is 39.4 Å². The summed E-state index contributed by atoms with van der Waals surface area (Å²) in [6.45, 7) is -0.508. The van der Waals surface area contributed by atoms with Crippen molar-refractivity contribution in [2.24, 2.45) is 0 Å². The molecule has 0 atom stereocenters. The normalized spacial score (nSPS) is 9.40. The number of carboxylic acid groups (broad SMARTS) is 1. The third-order valence-electron chi connectivity index (χ3n) is 2.51. The maximum atomic E-state index is 12.1. The van der Waals surface area contributed by atoms with Crippen molar-refractivity contribution < 1.29 is 49.0 Å². The molecule has 0 saturated carbocycles. The molecule has 0 saturated heterocycles. The summed E-state index contributed by atoms with van der Waals surface area (Å²) in [4.78, 5) is 22.3. The molecule has 0 aliphatic carbocycles. The molecule has 2 aromatic carbocycles. The van der Waals surface area contributed by atoms with E-state index < -0.39 is 12.6 Å². The Labute approximate surface area is 138 Å². The Morgan fingerprint density at radius 2 is 1.45 bits per heavy atom. The molecule has 5 heteroatoms. The second-order valence-electron chi connectivity index (χ2n) is 3.88. The number of carbonyl (C=O) groups is 2. The Hall–Kier alpha value is -1.62. The van der Waals surface area contributed by atoms with Crippen LogP contribution >= 0.6 is 0 Å². The van der Waals surface area contributed by atoms with Gasteiger partial charge in [0.05, 0.1) is 5.97 Å². The molecule has 0 amide bonds. The van der Waals surface area contributed by atoms with E-state index in [1.807, 2.05) is 6.07 Å². The summed E-state index contributed by atoms with van der Waals surface area (Å²) in [6.07, 6.45) is 0. The first kappa shape index (κ1) is 16.4. The fourth-order valence-corrected chi connectivity index (χ4v) is 1.60. The Bertz CT molecular complexity index is 579. The number of hydrogen-bond donors (Lipinski definition) is 0. The van der Waals surface area contributed by atoms with Gasteiger partial charge in [-0.3, -0.25) is 4.79 Å². The smallest absolute Gasteiger partial charge is 0.546 e. The number of aliphatic carboxylic acids is 1. The van der Waals surface area contributed by atoms with Gasteiger partial charge in [0, 0.05) is 11.1 Å². The Morgan fingerprint density at radius 1 is 0.900 bits per heavy atom. The van der Waals surface area contributed by atoms with Gasteiger partial charge in [-0.1, -0.05) is 30.3 Å². The number of benzene rings is 2. The third kappa shape index (κ3) is 4.49. The minimum Gasteiger partial charge on any atom is -0.546 e. The van der Waals surface area contributed by atoms with Gasteiger partial charge in [0.1, 0.15) is 12.4 Å². The van der Waals surface area contributed by atoms with Gasteiger partial charge in [0.25, 0.3) is 0 Å². The van der Waals surface area contributed by atoms with Crippen molar-refractivity contribution >= 4 is 11.8 Å². The van der Waals surface area contributed by atoms with Crippen LogP contribution in [0.25, 0.3) is 0 Å². The number of carbonyl (C=O) groups excluding carboxylic acids is 2. The van der Waals surface area contributed by atoms with Crippen LogP contribution in [0.2, 0.25) is 0 Å². The fraction of sp³-hybridized carbons (Fsp3) is 0.0667. The van der Waals surface area contributed by atoms with E-state index in [9.17, 15) is 14.7 Å². The predicted molar refractivity (Wildman–Crippen MR) is 66.8 cm³/mol. The maximum absolute atomic E-state index is 12.1. The van der Waals surface area contributed by atoms with Crippen LogP contribution in [0.1, 0.15) is 15.9 Å². The fourth-order valence-electron chi connectivity index (χ4n) is 1.60. The van der Waals surface area contributed by atoms with Crippen molar-refractivity contribution in [3.8, 4) is 5.75 Å². The molecule has 0 aliphatic rings. The molecule has 0 radical (unpaired) electrons. The molecule has 2 rings (SSSR count). The number of ether oxygens (including phenoxy) is 1. The summed E-state index contributed by atoms with van der Waals surface area (Å²) in [6, 6.07) is 15.2. The molecule has 96 valence electrons. The van der Waals surface area contributed by atoms with Gasteiger partial charge in [-0.15, -0.1) is 0 Å². The Morgan fingerprint density at radius 3 is 2.00 bits per heavy atom. The molecule has 0 spiro atoms. The van der Waals surface area contributed by atoms with Gasteiger partial charge >= 0.3 is 29.6 Å². The van der Waals surface area contributed by atoms with Crippen LogP contribution in [-0.2, 0) is 4.79 Å². The van der Waals surface area contributed by atoms with E-state index in [1.165, 1.54) is 0 Å². The number of hydrogen-bond acceptors (Lipinski definition) is 4. The van der Waals surface area contributed by atoms with Crippen LogP contribution in [0, 0.1) is 0 Å². The standard InChI is InChI=1S/C15H12O4.Na/c16-14(17)10-19-13-8-6-12(7-9-13)15(18)11-4-2-1-3-5-11;/h1-9H,10H2,(H,16,17);/q;+1/p-1. The van der Waals surface area contributed by atoms with Crippen molar-refractivity contribution in [3.05, 3.63) is 65.7 Å². The van der Waals surface area contributed by atoms with Crippen LogP contribution in [0.15, 0.2) is 54.6 Å². The summed E-state index contributed by atoms with van der Waals surface area (Å²) in [5, 5.41) is 10.2. The maximum Gasteiger partial charge on any atom is 1.00 e. The molecule has 4 nitrogen and oxygen atoms in total. The van der Waals surface area contributed by atoms with Crippen LogP contribution in [0.4, 0.5) is 0 Å². The van der Waals surface area contributed by atoms with Crippen LogP contribution in [0.5, 0.6) is 5.75 Å². The Balaban J connectivity index is 0.00000200. The Kier molecular flexibility index (Phi) is 6.45. The van der Waals surface area contributed by atoms with E-state index in [0.29, 0.717) is 16.9 Å². The minimum atomic E-state index is -1.29. The second-order valence-corrected chi connectivity index (χ2v) is 3.88. The average Bonchev–Trinajstić information content (AvgIpc) is 2.46. The van der Waals surface area contributed by atoms with E-state index in [0.717, 1.165) is 0 Å². The van der Waals surface area contributed by atoms with E-state index >= 15 is 0 Å². The molecule has 20 heavy (non-hydrogen) atoms. The van der Waals surface area contributed by atoms with E-state index in [1.54, 1.807) is 48.5 Å². The van der Waals surface area contributed by atoms with Crippen molar-refractivity contribution in [2.45, 2.75) is 0 Å². The van der Waals surface area contributed by atoms with Crippen molar-refractivity contribution in [1.82, 2.24) is 0 Å². The van der Waals surface area contributed by atoms with Crippen molar-refractivity contribution in [3.63, 3.8) is 0 Å². The molecule has 0 fully saturated rings. The van der Waals surface area contributed by atoms with Crippen LogP contribution in [-0.4, -0.2) is 18.4 Å². The van der Waals surface area contributed by atoms with E-state index in [4.69, 9.17) is 4.74 Å². The van der Waals surface area contributed by atoms with Gasteiger partial charge in [0.15, 0.2) is 5.78 Å². The molecular formula is C15H11NaO4. The largest absolute Gasteiger partial charge is 1.00 e. The van der Waals surface area contributed by atoms with Gasteiger partial charge in [-0.2, -0.15) is 0 Å². The molecule has 0 bridgehead atoms. The first-order valence-corrected chi connectivity index (χ1v) is 5.69. The predicted octanol–water partition coefficient (Wildman–Crippen LogP) is -1.95. The van der Waals surface area contributed by atoms with Gasteiger partial charge < -0.3 is 14.6 Å². The molecule has 2 aromatic rings. The zero-order valence-corrected chi connectivity index (χ0v) is 13.0. The SMILES string of the molecule is O=C([O-])COc1ccc(C(=O)c2ccccc2)cc1.[Na+]. The van der Waals surface area contributed by atoms with Gasteiger partial charge in [0.2, 0.25) is 0 Å². The number of ketones is 1. The van der Waals surface area contributed by atoms with Gasteiger partial charge in [-0.25, -0.2) is 0 Å². The third-order valence-corrected chi connectivity index (χ3v) is 2.51. The summed E-state index contributed by atoms with van der Waals surface area (Å²) in [5.41, 5.74) is 1.12. The molecular weight excluding hydrogens is 267 g/mol. The number of rotatable bonds is 5. The molecule has 0 N–H and O–H groups in total. The quantitative estimate of drug-likeness (QED) is 0.471. The minimum absolute atomic E-state index is 0. The van der Waals surface area contributed by atoms with Crippen molar-refractivity contribution in [1.29, 1.82) is 0 Å². The zero-order valence-electron chi connectivity index (χ0n) is 11.0. The summed E-state index contributed by atoms with van der Waals surface area (Å²) < 4.78 is 4.93. The van der Waals surface area contributed by atoms with Gasteiger partial charge in [-0.05, 0) is 24.3 Å². The topological polar surface area (TPSA) is 66.4 Å². The van der Waals surface area contributed by atoms with E-state index in [-0.39, 0.29) is 35.3 Å². The molecule has 0 unspecified atom stereocenters. The summed E-state index contributed by atoms with van der Waals surface area (Å²) in [7, 11) is 0. The molecule has 0 heterocycles. The van der Waals surface area contributed by atoms with Crippen molar-refractivity contribution in [2.75, 3.05) is 6.61 Å². The summed E-state index contributed by atoms with van der Waals surface area (Å²) in [5.74, 6) is -0.995. The van der Waals surface area contributed by atoms with Crippen LogP contribution in [0.3, 0.4) is 0 Å². The monoisotopic (exact) mass is 278 g/mol. The molecule has 0 aliphatic heterocycles. The average molecular weight is 278 g/mol. The first-order valence-electron chi connectivity index (χ1n) is 5.69. The van der Waals surface area contributed by atoms with E-state index in [2.05, 4.69) is 0 Å². The summed E-state index contributed by atoms with van der Waals surface area (Å²) >= 11 is 0. The number of carboxylic acids is 1. The second kappa shape index (κ2) is 7.85.